The van der Waals surface area contributed by atoms with Crippen LogP contribution in [0.1, 0.15) is 39.0 Å². The molecule has 0 bridgehead atoms. The maximum Gasteiger partial charge on any atom is 0.417 e. The van der Waals surface area contributed by atoms with Crippen LogP contribution in [0, 0.1) is 11.8 Å². The number of carboxylic acid groups (broad SMARTS) is 1. The second kappa shape index (κ2) is 10.7. The van der Waals surface area contributed by atoms with Gasteiger partial charge in [0.25, 0.3) is 0 Å². The number of carboxylic acids is 1. The number of rotatable bonds is 8. The molecule has 0 amide bonds. The zero-order valence-corrected chi connectivity index (χ0v) is 16.3. The lowest BCUT2D eigenvalue weighted by atomic mass is 9.99. The summed E-state index contributed by atoms with van der Waals surface area (Å²) in [5.41, 5.74) is -0.221. The van der Waals surface area contributed by atoms with Gasteiger partial charge in [0.2, 0.25) is 0 Å². The molecule has 2 aromatic rings. The molecule has 2 aromatic carbocycles. The molecule has 0 aliphatic heterocycles. The van der Waals surface area contributed by atoms with E-state index in [0.717, 1.165) is 12.1 Å². The third-order valence-corrected chi connectivity index (χ3v) is 4.16. The molecule has 0 aliphatic carbocycles. The monoisotopic (exact) mass is 422 g/mol. The van der Waals surface area contributed by atoms with Crippen molar-refractivity contribution in [2.75, 3.05) is 26.9 Å². The Balaban J connectivity index is 2.29. The van der Waals surface area contributed by atoms with Gasteiger partial charge in [0.1, 0.15) is 5.75 Å². The Morgan fingerprint density at radius 1 is 1.03 bits per heavy atom. The number of ether oxygens (including phenoxy) is 2. The molecule has 0 aromatic heterocycles. The number of benzene rings is 2. The molecule has 2 N–H and O–H groups in total. The van der Waals surface area contributed by atoms with Crippen molar-refractivity contribution in [3.63, 3.8) is 0 Å². The highest BCUT2D eigenvalue weighted by atomic mass is 19.4. The molecule has 0 fully saturated rings. The van der Waals surface area contributed by atoms with Gasteiger partial charge in [-0.3, -0.25) is 0 Å². The Morgan fingerprint density at radius 3 is 2.40 bits per heavy atom. The van der Waals surface area contributed by atoms with Crippen LogP contribution in [0.3, 0.4) is 0 Å². The Hall–Kier alpha value is -3.02. The lowest BCUT2D eigenvalue weighted by Gasteiger charge is -2.10. The topological polar surface area (TPSA) is 76.0 Å². The second-order valence-electron chi connectivity index (χ2n) is 6.36. The van der Waals surface area contributed by atoms with Gasteiger partial charge in [-0.15, -0.1) is 0 Å². The molecule has 0 unspecified atom stereocenters. The first-order chi connectivity index (χ1) is 14.2. The van der Waals surface area contributed by atoms with Crippen molar-refractivity contribution in [1.82, 2.24) is 0 Å². The first kappa shape index (κ1) is 23.3. The number of carbonyl (C=O) groups is 1. The first-order valence-corrected chi connectivity index (χ1v) is 9.07. The van der Waals surface area contributed by atoms with E-state index >= 15 is 0 Å². The van der Waals surface area contributed by atoms with Crippen molar-refractivity contribution in [2.24, 2.45) is 0 Å². The number of aromatic carboxylic acids is 1. The number of methoxy groups -OCH3 is 1. The van der Waals surface area contributed by atoms with E-state index in [9.17, 15) is 28.2 Å². The van der Waals surface area contributed by atoms with Crippen LogP contribution in [0.2, 0.25) is 0 Å². The highest BCUT2D eigenvalue weighted by molar-refractivity contribution is 5.88. The number of halogens is 3. The zero-order valence-electron chi connectivity index (χ0n) is 16.3. The van der Waals surface area contributed by atoms with Gasteiger partial charge >= 0.3 is 12.1 Å². The summed E-state index contributed by atoms with van der Waals surface area (Å²) in [5, 5.41) is 18.6. The van der Waals surface area contributed by atoms with Crippen LogP contribution < -0.4 is 0 Å². The van der Waals surface area contributed by atoms with Gasteiger partial charge in [-0.05, 0) is 54.8 Å². The van der Waals surface area contributed by atoms with Crippen LogP contribution in [0.15, 0.2) is 36.4 Å². The average molecular weight is 422 g/mol. The number of phenolic OH excluding ortho intramolecular Hbond substituents is 1. The minimum atomic E-state index is -4.67. The molecular formula is C22H21F3O5. The van der Waals surface area contributed by atoms with Gasteiger partial charge in [-0.1, -0.05) is 11.8 Å². The number of hydrogen-bond acceptors (Lipinski definition) is 4. The van der Waals surface area contributed by atoms with Gasteiger partial charge in [0, 0.05) is 24.8 Å². The average Bonchev–Trinajstić information content (AvgIpc) is 2.69. The summed E-state index contributed by atoms with van der Waals surface area (Å²) >= 11 is 0. The van der Waals surface area contributed by atoms with Crippen LogP contribution in [-0.4, -0.2) is 43.1 Å². The van der Waals surface area contributed by atoms with Crippen molar-refractivity contribution in [2.45, 2.75) is 19.0 Å². The van der Waals surface area contributed by atoms with Crippen molar-refractivity contribution >= 4 is 5.97 Å². The Bertz CT molecular complexity index is 942. The van der Waals surface area contributed by atoms with Gasteiger partial charge in [-0.2, -0.15) is 13.2 Å². The second-order valence-corrected chi connectivity index (χ2v) is 6.36. The molecule has 5 nitrogen and oxygen atoms in total. The predicted octanol–water partition coefficient (Wildman–Crippen LogP) is 4.10. The van der Waals surface area contributed by atoms with E-state index in [1.807, 2.05) is 0 Å². The van der Waals surface area contributed by atoms with Crippen molar-refractivity contribution < 1.29 is 37.7 Å². The molecule has 0 atom stereocenters. The summed E-state index contributed by atoms with van der Waals surface area (Å²) in [6.45, 7) is 1.31. The fourth-order valence-corrected chi connectivity index (χ4v) is 2.67. The SMILES string of the molecule is COCCOCCCc1cc(C(=O)O)ccc1C#Cc1ccc(O)cc1C(F)(F)F. The highest BCUT2D eigenvalue weighted by Crippen LogP contribution is 2.33. The van der Waals surface area contributed by atoms with Crippen molar-refractivity contribution in [3.8, 4) is 17.6 Å². The summed E-state index contributed by atoms with van der Waals surface area (Å²) in [6, 6.07) is 7.14. The van der Waals surface area contributed by atoms with E-state index in [4.69, 9.17) is 9.47 Å². The normalized spacial score (nSPS) is 11.1. The van der Waals surface area contributed by atoms with E-state index in [2.05, 4.69) is 11.8 Å². The minimum Gasteiger partial charge on any atom is -0.508 e. The van der Waals surface area contributed by atoms with Gasteiger partial charge in [-0.25, -0.2) is 4.79 Å². The summed E-state index contributed by atoms with van der Waals surface area (Å²) < 4.78 is 49.9. The van der Waals surface area contributed by atoms with Crippen molar-refractivity contribution in [3.05, 3.63) is 64.2 Å². The highest BCUT2D eigenvalue weighted by Gasteiger charge is 2.33. The quantitative estimate of drug-likeness (QED) is 0.495. The van der Waals surface area contributed by atoms with Gasteiger partial charge < -0.3 is 19.7 Å². The first-order valence-electron chi connectivity index (χ1n) is 9.07. The largest absolute Gasteiger partial charge is 0.508 e. The third-order valence-electron chi connectivity index (χ3n) is 4.16. The fraction of sp³-hybridized carbons (Fsp3) is 0.318. The van der Waals surface area contributed by atoms with E-state index < -0.39 is 23.5 Å². The molecular weight excluding hydrogens is 401 g/mol. The number of alkyl halides is 3. The van der Waals surface area contributed by atoms with Gasteiger partial charge in [0.15, 0.2) is 0 Å². The van der Waals surface area contributed by atoms with Crippen molar-refractivity contribution in [1.29, 1.82) is 0 Å². The summed E-state index contributed by atoms with van der Waals surface area (Å²) in [7, 11) is 1.56. The van der Waals surface area contributed by atoms with Crippen LogP contribution in [-0.2, 0) is 22.1 Å². The minimum absolute atomic E-state index is 0.0662. The molecule has 0 saturated heterocycles. The molecule has 8 heteroatoms. The Kier molecular flexibility index (Phi) is 8.27. The van der Waals surface area contributed by atoms with Crippen LogP contribution in [0.25, 0.3) is 0 Å². The van der Waals surface area contributed by atoms with Crippen LogP contribution in [0.4, 0.5) is 13.2 Å². The summed E-state index contributed by atoms with van der Waals surface area (Å²) in [4.78, 5) is 11.3. The molecule has 0 saturated carbocycles. The molecule has 160 valence electrons. The van der Waals surface area contributed by atoms with E-state index in [1.54, 1.807) is 7.11 Å². The Morgan fingerprint density at radius 2 is 1.73 bits per heavy atom. The van der Waals surface area contributed by atoms with Crippen LogP contribution >= 0.6 is 0 Å². The van der Waals surface area contributed by atoms with Gasteiger partial charge in [0.05, 0.1) is 24.3 Å². The third kappa shape index (κ3) is 6.79. The summed E-state index contributed by atoms with van der Waals surface area (Å²) in [6.07, 6.45) is -3.65. The van der Waals surface area contributed by atoms with Crippen LogP contribution in [0.5, 0.6) is 5.75 Å². The molecule has 30 heavy (non-hydrogen) atoms. The number of aryl methyl sites for hydroxylation is 1. The lowest BCUT2D eigenvalue weighted by molar-refractivity contribution is -0.137. The van der Waals surface area contributed by atoms with E-state index in [0.29, 0.717) is 49.9 Å². The summed E-state index contributed by atoms with van der Waals surface area (Å²) in [5.74, 6) is 3.58. The maximum atomic E-state index is 13.2. The maximum absolute atomic E-state index is 13.2. The molecule has 0 spiro atoms. The Labute approximate surface area is 172 Å². The van der Waals surface area contributed by atoms with E-state index in [1.165, 1.54) is 18.2 Å². The van der Waals surface area contributed by atoms with E-state index in [-0.39, 0.29) is 11.1 Å². The molecule has 0 heterocycles. The molecule has 2 rings (SSSR count). The predicted molar refractivity (Wildman–Crippen MR) is 104 cm³/mol. The number of aromatic hydroxyl groups is 1. The molecule has 0 radical (unpaired) electrons. The standard InChI is InChI=1S/C22H21F3O5/c1-29-11-12-30-10-2-3-17-13-18(21(27)28)7-5-15(17)4-6-16-8-9-19(26)14-20(16)22(23,24)25/h5,7-9,13-14,26H,2-3,10-12H2,1H3,(H,27,28). The number of phenols is 1. The lowest BCUT2D eigenvalue weighted by Crippen LogP contribution is -2.07. The fourth-order valence-electron chi connectivity index (χ4n) is 2.67. The molecule has 0 aliphatic rings. The zero-order chi connectivity index (χ0) is 22.1. The smallest absolute Gasteiger partial charge is 0.417 e. The number of hydrogen-bond donors (Lipinski definition) is 2.